The smallest absolute Gasteiger partial charge is 0.256 e. The SMILES string of the molecule is C=CC(=O)C(C)CC.CCCC=Nc1c(C(=O)N2CCC(=Nc3ccc(C4CCC4)cc3)/C(=C(\N)C(F)CC)C2CC)ccc(Br)c1C. The van der Waals surface area contributed by atoms with Crippen LogP contribution in [0.25, 0.3) is 0 Å². The third-order valence-electron chi connectivity index (χ3n) is 9.53. The number of halogens is 2. The first kappa shape index (κ1) is 39.1. The zero-order chi connectivity index (χ0) is 35.4. The summed E-state index contributed by atoms with van der Waals surface area (Å²) in [5.74, 6) is 0.842. The maximum absolute atomic E-state index is 15.1. The number of carbonyl (C=O) groups is 2. The van der Waals surface area contributed by atoms with Crippen LogP contribution in [0.3, 0.4) is 0 Å². The van der Waals surface area contributed by atoms with E-state index < -0.39 is 6.17 Å². The lowest BCUT2D eigenvalue weighted by Crippen LogP contribution is -2.49. The molecule has 3 atom stereocenters. The van der Waals surface area contributed by atoms with E-state index in [2.05, 4.69) is 41.6 Å². The summed E-state index contributed by atoms with van der Waals surface area (Å²) in [5.41, 5.74) is 12.5. The van der Waals surface area contributed by atoms with Gasteiger partial charge >= 0.3 is 0 Å². The number of alkyl halides is 1. The summed E-state index contributed by atoms with van der Waals surface area (Å²) >= 11 is 3.59. The Hall–Kier alpha value is -3.39. The van der Waals surface area contributed by atoms with Gasteiger partial charge in [-0.15, -0.1) is 0 Å². The van der Waals surface area contributed by atoms with E-state index in [1.807, 2.05) is 63.1 Å². The van der Waals surface area contributed by atoms with Gasteiger partial charge in [0, 0.05) is 40.9 Å². The largest absolute Gasteiger partial charge is 0.399 e. The predicted octanol–water partition coefficient (Wildman–Crippen LogP) is 10.7. The third kappa shape index (κ3) is 9.61. The highest BCUT2D eigenvalue weighted by molar-refractivity contribution is 9.10. The number of allylic oxidation sites excluding steroid dienone is 2. The lowest BCUT2D eigenvalue weighted by molar-refractivity contribution is -0.117. The molecule has 8 heteroatoms. The number of piperidine rings is 1. The maximum atomic E-state index is 15.1. The number of hydrogen-bond acceptors (Lipinski definition) is 5. The number of unbranched alkanes of at least 4 members (excludes halogenated alkanes) is 1. The number of hydrogen-bond donors (Lipinski definition) is 1. The second kappa shape index (κ2) is 19.0. The van der Waals surface area contributed by atoms with Crippen LogP contribution in [-0.2, 0) is 4.79 Å². The Morgan fingerprint density at radius 1 is 1.10 bits per heavy atom. The molecule has 2 N–H and O–H groups in total. The van der Waals surface area contributed by atoms with Crippen LogP contribution in [0.2, 0.25) is 0 Å². The van der Waals surface area contributed by atoms with Gasteiger partial charge in [-0.1, -0.05) is 82.1 Å². The first-order valence-electron chi connectivity index (χ1n) is 17.6. The Bertz CT molecular complexity index is 1510. The topological polar surface area (TPSA) is 88.1 Å². The van der Waals surface area contributed by atoms with E-state index in [0.29, 0.717) is 42.1 Å². The number of ketones is 1. The molecule has 1 saturated heterocycles. The molecule has 1 aliphatic carbocycles. The van der Waals surface area contributed by atoms with Crippen LogP contribution in [0.1, 0.15) is 120 Å². The molecule has 1 heterocycles. The predicted molar refractivity (Wildman–Crippen MR) is 203 cm³/mol. The minimum absolute atomic E-state index is 0.118. The molecule has 1 saturated carbocycles. The van der Waals surface area contributed by atoms with Gasteiger partial charge in [-0.2, -0.15) is 0 Å². The highest BCUT2D eigenvalue weighted by Crippen LogP contribution is 2.38. The van der Waals surface area contributed by atoms with E-state index in [-0.39, 0.29) is 35.8 Å². The van der Waals surface area contributed by atoms with Crippen LogP contribution >= 0.6 is 15.9 Å². The van der Waals surface area contributed by atoms with E-state index in [1.165, 1.54) is 30.9 Å². The summed E-state index contributed by atoms with van der Waals surface area (Å²) in [5, 5.41) is 0. The Labute approximate surface area is 296 Å². The number of carbonyl (C=O) groups excluding carboxylic acids is 2. The molecular weight excluding hydrogens is 667 g/mol. The number of amides is 1. The van der Waals surface area contributed by atoms with Crippen molar-refractivity contribution in [2.75, 3.05) is 6.54 Å². The number of nitrogens with zero attached hydrogens (tertiary/aromatic N) is 3. The van der Waals surface area contributed by atoms with E-state index in [0.717, 1.165) is 40.7 Å². The molecule has 0 spiro atoms. The fourth-order valence-electron chi connectivity index (χ4n) is 5.97. The van der Waals surface area contributed by atoms with Crippen LogP contribution in [0.4, 0.5) is 15.8 Å². The fraction of sp³-hybridized carbons (Fsp3) is 0.500. The minimum Gasteiger partial charge on any atom is -0.399 e. The summed E-state index contributed by atoms with van der Waals surface area (Å²) in [6.45, 7) is 15.6. The van der Waals surface area contributed by atoms with Crippen molar-refractivity contribution in [3.8, 4) is 0 Å². The second-order valence-corrected chi connectivity index (χ2v) is 13.6. The van der Waals surface area contributed by atoms with Crippen molar-refractivity contribution in [3.63, 3.8) is 0 Å². The lowest BCUT2D eigenvalue weighted by Gasteiger charge is -2.39. The Kier molecular flexibility index (Phi) is 15.4. The number of nitrogens with two attached hydrogens (primary N) is 1. The highest BCUT2D eigenvalue weighted by Gasteiger charge is 2.37. The molecule has 0 radical (unpaired) electrons. The molecule has 4 rings (SSSR count). The summed E-state index contributed by atoms with van der Waals surface area (Å²) < 4.78 is 16.0. The van der Waals surface area contributed by atoms with Gasteiger partial charge in [-0.25, -0.2) is 4.39 Å². The van der Waals surface area contributed by atoms with Gasteiger partial charge in [0.1, 0.15) is 6.17 Å². The second-order valence-electron chi connectivity index (χ2n) is 12.8. The van der Waals surface area contributed by atoms with Gasteiger partial charge in [0.05, 0.1) is 28.7 Å². The van der Waals surface area contributed by atoms with E-state index in [1.54, 1.807) is 6.92 Å². The quantitative estimate of drug-likeness (QED) is 0.175. The summed E-state index contributed by atoms with van der Waals surface area (Å²) in [4.78, 5) is 36.3. The standard InChI is InChI=1S/C33H42BrFN4O.C7H12O/c1-5-8-19-37-32-21(4)26(34)17-16-25(32)33(40)39-20-18-28(30(29(39)7-3)31(36)27(35)6-2)38-24-14-12-23(13-15-24)22-10-9-11-22;1-4-6(3)7(8)5-2/h12-17,19,22,27,29H,5-11,18,20,36H2,1-4H3;5-6H,2,4H2,1,3H3/b31-30+,37-19?,38-28?;. The van der Waals surface area contributed by atoms with Crippen molar-refractivity contribution in [2.45, 2.75) is 117 Å². The minimum atomic E-state index is -1.30. The van der Waals surface area contributed by atoms with Crippen LogP contribution in [0, 0.1) is 12.8 Å². The molecule has 2 aliphatic rings. The van der Waals surface area contributed by atoms with Crippen molar-refractivity contribution < 1.29 is 14.0 Å². The number of likely N-dealkylation sites (tertiary alicyclic amines) is 1. The van der Waals surface area contributed by atoms with Crippen LogP contribution in [0.15, 0.2) is 74.8 Å². The fourth-order valence-corrected chi connectivity index (χ4v) is 6.29. The molecule has 0 bridgehead atoms. The molecule has 3 unspecified atom stereocenters. The lowest BCUT2D eigenvalue weighted by atomic mass is 9.80. The average Bonchev–Trinajstić information content (AvgIpc) is 3.08. The van der Waals surface area contributed by atoms with Gasteiger partial charge in [-0.05, 0) is 92.8 Å². The summed E-state index contributed by atoms with van der Waals surface area (Å²) in [7, 11) is 0. The van der Waals surface area contributed by atoms with Gasteiger partial charge in [-0.3, -0.25) is 19.6 Å². The van der Waals surface area contributed by atoms with Gasteiger partial charge in [0.15, 0.2) is 5.78 Å². The maximum Gasteiger partial charge on any atom is 0.256 e. The molecule has 1 aliphatic heterocycles. The van der Waals surface area contributed by atoms with Crippen LogP contribution in [-0.4, -0.2) is 47.3 Å². The first-order valence-corrected chi connectivity index (χ1v) is 18.4. The third-order valence-corrected chi connectivity index (χ3v) is 10.4. The Morgan fingerprint density at radius 2 is 1.79 bits per heavy atom. The number of benzene rings is 2. The molecule has 2 fully saturated rings. The molecule has 6 nitrogen and oxygen atoms in total. The molecule has 260 valence electrons. The molecule has 2 aromatic carbocycles. The number of aliphatic imine (C=N–C) groups is 2. The molecule has 1 amide bonds. The number of rotatable bonds is 12. The van der Waals surface area contributed by atoms with E-state index >= 15 is 4.39 Å². The molecule has 0 aromatic heterocycles. The molecular formula is C40H54BrFN4O2. The zero-order valence-corrected chi connectivity index (χ0v) is 31.3. The van der Waals surface area contributed by atoms with E-state index in [9.17, 15) is 9.59 Å². The van der Waals surface area contributed by atoms with Gasteiger partial charge < -0.3 is 10.6 Å². The first-order chi connectivity index (χ1) is 23.0. The molecule has 2 aromatic rings. The summed E-state index contributed by atoms with van der Waals surface area (Å²) in [6.07, 6.45) is 9.84. The zero-order valence-electron chi connectivity index (χ0n) is 29.7. The van der Waals surface area contributed by atoms with Gasteiger partial charge in [0.2, 0.25) is 0 Å². The van der Waals surface area contributed by atoms with Crippen molar-refractivity contribution in [2.24, 2.45) is 21.6 Å². The average molecular weight is 722 g/mol. The Balaban J connectivity index is 0.000000694. The van der Waals surface area contributed by atoms with Crippen LogP contribution < -0.4 is 5.73 Å². The van der Waals surface area contributed by atoms with Crippen molar-refractivity contribution in [3.05, 3.63) is 81.5 Å². The van der Waals surface area contributed by atoms with Crippen molar-refractivity contribution >= 4 is 50.9 Å². The van der Waals surface area contributed by atoms with Crippen molar-refractivity contribution in [1.82, 2.24) is 4.90 Å². The van der Waals surface area contributed by atoms with E-state index in [4.69, 9.17) is 15.7 Å². The molecule has 48 heavy (non-hydrogen) atoms. The normalized spacial score (nSPS) is 19.7. The monoisotopic (exact) mass is 720 g/mol. The van der Waals surface area contributed by atoms with Crippen LogP contribution in [0.5, 0.6) is 0 Å². The summed E-state index contributed by atoms with van der Waals surface area (Å²) in [6, 6.07) is 11.8. The van der Waals surface area contributed by atoms with Crippen molar-refractivity contribution in [1.29, 1.82) is 0 Å². The Morgan fingerprint density at radius 3 is 2.31 bits per heavy atom. The van der Waals surface area contributed by atoms with Gasteiger partial charge in [0.25, 0.3) is 5.91 Å². The highest BCUT2D eigenvalue weighted by atomic mass is 79.9.